The van der Waals surface area contributed by atoms with E-state index in [1.165, 1.54) is 6.92 Å². The maximum absolute atomic E-state index is 13.2. The number of hydrogen-bond acceptors (Lipinski definition) is 16. The Morgan fingerprint density at radius 2 is 1.20 bits per heavy atom. The number of para-hydroxylation sites is 2. The Morgan fingerprint density at radius 3 is 1.71 bits per heavy atom. The molecule has 3 heterocycles. The molecule has 1 aliphatic heterocycles. The molecule has 18 heteroatoms. The lowest BCUT2D eigenvalue weighted by Crippen LogP contribution is -2.29. The minimum atomic E-state index is -0.571. The Morgan fingerprint density at radius 1 is 0.671 bits per heavy atom. The summed E-state index contributed by atoms with van der Waals surface area (Å²) in [4.78, 5) is 45.3. The second-order valence-corrected chi connectivity index (χ2v) is 14.5. The van der Waals surface area contributed by atoms with E-state index in [2.05, 4.69) is 41.5 Å². The topological polar surface area (TPSA) is 241 Å². The van der Waals surface area contributed by atoms with Crippen LogP contribution in [0.5, 0.6) is 23.0 Å². The lowest BCUT2D eigenvalue weighted by Gasteiger charge is -2.27. The highest BCUT2D eigenvalue weighted by molar-refractivity contribution is 5.94. The van der Waals surface area contributed by atoms with E-state index in [9.17, 15) is 19.2 Å². The van der Waals surface area contributed by atoms with Crippen molar-refractivity contribution in [1.82, 2.24) is 40.8 Å². The highest BCUT2D eigenvalue weighted by Crippen LogP contribution is 2.37. The van der Waals surface area contributed by atoms with Gasteiger partial charge in [0.05, 0.1) is 5.57 Å². The van der Waals surface area contributed by atoms with Crippen LogP contribution in [0.4, 0.5) is 11.9 Å². The van der Waals surface area contributed by atoms with Crippen LogP contribution in [0.2, 0.25) is 0 Å². The van der Waals surface area contributed by atoms with E-state index >= 15 is 0 Å². The Kier molecular flexibility index (Phi) is 21.3. The molecule has 9 rings (SSSR count). The number of ether oxygens (including phenoxy) is 4. The summed E-state index contributed by atoms with van der Waals surface area (Å²) in [5.74, 6) is 2.33. The van der Waals surface area contributed by atoms with Gasteiger partial charge in [-0.3, -0.25) is 14.4 Å². The molecule has 0 saturated carbocycles. The van der Waals surface area contributed by atoms with Crippen LogP contribution in [-0.4, -0.2) is 64.8 Å². The minimum absolute atomic E-state index is 0. The highest BCUT2D eigenvalue weighted by atomic mass is 16.5. The zero-order valence-electron chi connectivity index (χ0n) is 36.9. The number of benzene rings is 6. The average molecular weight is 947 g/mol. The van der Waals surface area contributed by atoms with E-state index < -0.39 is 18.0 Å². The van der Waals surface area contributed by atoms with E-state index in [-0.39, 0.29) is 46.2 Å². The maximum atomic E-state index is 13.2. The third-order valence-electron chi connectivity index (χ3n) is 9.27. The number of rotatable bonds is 13. The third-order valence-corrected chi connectivity index (χ3v) is 9.27. The molecular formula is C52H54N10O8. The number of carbonyl (C=O) groups excluding carboxylic acids is 4. The number of hydrogen-bond donors (Lipinski definition) is 3. The quantitative estimate of drug-likeness (QED) is 0.0553. The van der Waals surface area contributed by atoms with Gasteiger partial charge in [0.15, 0.2) is 0 Å². The van der Waals surface area contributed by atoms with Crippen LogP contribution in [0.25, 0.3) is 0 Å². The van der Waals surface area contributed by atoms with Gasteiger partial charge in [0, 0.05) is 11.3 Å². The van der Waals surface area contributed by atoms with E-state index in [0.29, 0.717) is 34.3 Å². The summed E-state index contributed by atoms with van der Waals surface area (Å²) in [7, 11) is 0. The van der Waals surface area contributed by atoms with Crippen molar-refractivity contribution in [3.05, 3.63) is 203 Å². The summed E-state index contributed by atoms with van der Waals surface area (Å²) in [5.41, 5.74) is 9.27. The number of aromatic amines is 1. The van der Waals surface area contributed by atoms with Crippen molar-refractivity contribution in [2.45, 2.75) is 54.4 Å². The fourth-order valence-corrected chi connectivity index (χ4v) is 6.20. The number of anilines is 2. The monoisotopic (exact) mass is 946 g/mol. The molecule has 8 aromatic rings. The van der Waals surface area contributed by atoms with E-state index in [0.717, 1.165) is 34.5 Å². The normalized spacial score (nSPS) is 11.7. The molecule has 4 N–H and O–H groups in total. The lowest BCUT2D eigenvalue weighted by molar-refractivity contribution is -0.147. The lowest BCUT2D eigenvalue weighted by atomic mass is 9.95. The summed E-state index contributed by atoms with van der Waals surface area (Å²) >= 11 is 0. The number of H-pyrrole nitrogens is 1. The van der Waals surface area contributed by atoms with Crippen molar-refractivity contribution in [1.29, 1.82) is 0 Å². The molecule has 0 amide bonds. The van der Waals surface area contributed by atoms with Crippen LogP contribution in [0.3, 0.4) is 0 Å². The number of carbonyl (C=O) groups is 4. The van der Waals surface area contributed by atoms with E-state index in [4.69, 9.17) is 24.7 Å². The minimum Gasteiger partial charge on any atom is -0.460 e. The summed E-state index contributed by atoms with van der Waals surface area (Å²) in [6.45, 7) is 3.58. The zero-order chi connectivity index (χ0) is 47.9. The molecule has 0 spiro atoms. The number of nitrogens with one attached hydrogen (secondary N) is 2. The van der Waals surface area contributed by atoms with E-state index in [1.807, 2.05) is 159 Å². The zero-order valence-corrected chi connectivity index (χ0v) is 36.9. The fraction of sp³-hybridized carbons (Fsp3) is 0.154. The fourth-order valence-electron chi connectivity index (χ4n) is 6.20. The van der Waals surface area contributed by atoms with Crippen molar-refractivity contribution in [3.8, 4) is 23.0 Å². The average Bonchev–Trinajstić information content (AvgIpc) is 4.05. The summed E-state index contributed by atoms with van der Waals surface area (Å²) < 4.78 is 23.7. The predicted octanol–water partition coefficient (Wildman–Crippen LogP) is 9.55. The smallest absolute Gasteiger partial charge is 0.338 e. The van der Waals surface area contributed by atoms with Gasteiger partial charge in [-0.1, -0.05) is 146 Å². The molecule has 2 aromatic heterocycles. The van der Waals surface area contributed by atoms with Gasteiger partial charge in [0.2, 0.25) is 5.95 Å². The van der Waals surface area contributed by atoms with Gasteiger partial charge in [0.25, 0.3) is 5.95 Å². The number of esters is 2. The Labute approximate surface area is 405 Å². The number of fused-ring (bicyclic) bond motifs is 1. The van der Waals surface area contributed by atoms with Crippen molar-refractivity contribution in [3.63, 3.8) is 0 Å². The van der Waals surface area contributed by atoms with Crippen LogP contribution in [0.15, 0.2) is 181 Å². The molecule has 1 unspecified atom stereocenters. The Bertz CT molecular complexity index is 2870. The van der Waals surface area contributed by atoms with Crippen LogP contribution >= 0.6 is 0 Å². The first-order valence-electron chi connectivity index (χ1n) is 20.9. The first kappa shape index (κ1) is 53.3. The number of nitrogens with zero attached hydrogens (tertiary/aromatic N) is 7. The number of aldehydes is 1. The highest BCUT2D eigenvalue weighted by Gasteiger charge is 2.35. The Hall–Kier alpha value is -9.32. The van der Waals surface area contributed by atoms with Gasteiger partial charge in [0.1, 0.15) is 60.7 Å². The molecule has 0 radical (unpaired) electrons. The molecular weight excluding hydrogens is 893 g/mol. The standard InChI is InChI=1S/C25H21N5O3.C13H10O2.C11H12O3.CH3N5.2CH4/c1-17-22(24(31)32-16-18-9-4-2-5-10-18)23(30-25(26-17)27-28-29-30)19-11-8-14-21(15-19)33-20-12-6-3-7-13-20;14-10-11-5-4-8-13(9-11)15-12-6-2-1-3-7-12;1-9(12)7-11(13)14-8-10-5-3-2-4-6-10;2-1-3-5-6-4-1;;/h2-15,23H,16H2,1H3,(H,26,27,29);1-10H;2-6H,7-8H2,1H3;(H3,2,3,4,5,6);2*1H4. The van der Waals surface area contributed by atoms with Crippen molar-refractivity contribution in [2.24, 2.45) is 0 Å². The van der Waals surface area contributed by atoms with Gasteiger partial charge >= 0.3 is 11.9 Å². The molecule has 1 atom stereocenters. The predicted molar refractivity (Wildman–Crippen MR) is 263 cm³/mol. The number of nitrogens with two attached hydrogens (primary N) is 1. The molecule has 0 fully saturated rings. The molecule has 360 valence electrons. The summed E-state index contributed by atoms with van der Waals surface area (Å²) in [6, 6.07) is 51.9. The second-order valence-electron chi connectivity index (χ2n) is 14.5. The first-order valence-corrected chi connectivity index (χ1v) is 20.9. The number of aromatic nitrogens is 8. The van der Waals surface area contributed by atoms with Gasteiger partial charge in [-0.25, -0.2) is 4.79 Å². The SMILES string of the molecule is C.C.CC(=O)CC(=O)OCc1ccccc1.CC1=C(C(=O)OCc2ccccc2)C(c2cccc(Oc3ccccc3)c2)n2nnnc2N1.Nc1nn[nH]n1.O=Cc1cccc(Oc2ccccc2)c1. The largest absolute Gasteiger partial charge is 0.460 e. The van der Waals surface area contributed by atoms with Gasteiger partial charge < -0.3 is 30.0 Å². The van der Waals surface area contributed by atoms with Crippen LogP contribution in [-0.2, 0) is 37.1 Å². The van der Waals surface area contributed by atoms with Crippen molar-refractivity contribution in [2.75, 3.05) is 11.1 Å². The van der Waals surface area contributed by atoms with Gasteiger partial charge in [-0.15, -0.1) is 5.10 Å². The van der Waals surface area contributed by atoms with Gasteiger partial charge in [-0.2, -0.15) is 9.90 Å². The van der Waals surface area contributed by atoms with Crippen molar-refractivity contribution >= 4 is 35.9 Å². The summed E-state index contributed by atoms with van der Waals surface area (Å²) in [5, 5.41) is 27.1. The number of nitrogen functional groups attached to an aromatic ring is 1. The molecule has 0 aliphatic carbocycles. The number of tetrazole rings is 2. The molecule has 70 heavy (non-hydrogen) atoms. The molecule has 1 aliphatic rings. The molecule has 18 nitrogen and oxygen atoms in total. The van der Waals surface area contributed by atoms with Crippen molar-refractivity contribution < 1.29 is 38.1 Å². The summed E-state index contributed by atoms with van der Waals surface area (Å²) in [6.07, 6.45) is 0.657. The molecule has 0 bridgehead atoms. The van der Waals surface area contributed by atoms with Crippen LogP contribution in [0.1, 0.15) is 68.2 Å². The third kappa shape index (κ3) is 16.8. The van der Waals surface area contributed by atoms with E-state index in [1.54, 1.807) is 22.9 Å². The number of allylic oxidation sites excluding steroid dienone is 1. The first-order chi connectivity index (χ1) is 33.1. The number of Topliss-reactive ketones (excluding diaryl/α,β-unsaturated/α-hetero) is 1. The Balaban J connectivity index is 0.000000239. The van der Waals surface area contributed by atoms with Gasteiger partial charge in [-0.05, 0) is 94.7 Å². The van der Waals surface area contributed by atoms with Crippen LogP contribution in [0, 0.1) is 0 Å². The van der Waals surface area contributed by atoms with Crippen LogP contribution < -0.4 is 20.5 Å². The maximum Gasteiger partial charge on any atom is 0.338 e. The molecule has 0 saturated heterocycles. The second kappa shape index (κ2) is 28.0. The number of ketones is 1. The molecule has 6 aromatic carbocycles.